The molecule has 3 heteroatoms. The van der Waals surface area contributed by atoms with Crippen molar-refractivity contribution in [1.29, 1.82) is 0 Å². The van der Waals surface area contributed by atoms with Crippen molar-refractivity contribution >= 4 is 5.91 Å². The van der Waals surface area contributed by atoms with Crippen molar-refractivity contribution in [1.82, 2.24) is 4.90 Å². The minimum atomic E-state index is 0.293. The van der Waals surface area contributed by atoms with Crippen LogP contribution in [0.3, 0.4) is 0 Å². The highest BCUT2D eigenvalue weighted by Gasteiger charge is 2.26. The normalized spacial score (nSPS) is 24.7. The van der Waals surface area contributed by atoms with Crippen LogP contribution in [0, 0.1) is 17.8 Å². The molecule has 0 aromatic carbocycles. The van der Waals surface area contributed by atoms with Gasteiger partial charge in [-0.2, -0.15) is 0 Å². The SMILES string of the molecule is CCC1CCC(N(C)C(=O)CC(CN)CC(C)C)CC1. The summed E-state index contributed by atoms with van der Waals surface area (Å²) < 4.78 is 0. The minimum Gasteiger partial charge on any atom is -0.343 e. The lowest BCUT2D eigenvalue weighted by atomic mass is 9.84. The third-order valence-electron chi connectivity index (χ3n) is 4.94. The molecule has 1 atom stereocenters. The zero-order valence-electron chi connectivity index (χ0n) is 13.9. The summed E-state index contributed by atoms with van der Waals surface area (Å²) in [6, 6.07) is 0.461. The lowest BCUT2D eigenvalue weighted by molar-refractivity contribution is -0.133. The number of hydrogen-bond donors (Lipinski definition) is 1. The van der Waals surface area contributed by atoms with E-state index in [-0.39, 0.29) is 0 Å². The average molecular weight is 282 g/mol. The second-order valence-electron chi connectivity index (χ2n) is 7.02. The number of carbonyl (C=O) groups is 1. The Hall–Kier alpha value is -0.570. The molecule has 118 valence electrons. The fourth-order valence-electron chi connectivity index (χ4n) is 3.46. The van der Waals surface area contributed by atoms with Gasteiger partial charge in [-0.15, -0.1) is 0 Å². The predicted octanol–water partition coefficient (Wildman–Crippen LogP) is 3.42. The molecule has 0 saturated heterocycles. The summed E-state index contributed by atoms with van der Waals surface area (Å²) in [6.07, 6.45) is 7.89. The van der Waals surface area contributed by atoms with Gasteiger partial charge in [-0.3, -0.25) is 4.79 Å². The van der Waals surface area contributed by atoms with Crippen molar-refractivity contribution in [3.63, 3.8) is 0 Å². The van der Waals surface area contributed by atoms with Gasteiger partial charge in [0.2, 0.25) is 5.91 Å². The highest BCUT2D eigenvalue weighted by molar-refractivity contribution is 5.76. The van der Waals surface area contributed by atoms with E-state index in [0.29, 0.717) is 36.8 Å². The van der Waals surface area contributed by atoms with Gasteiger partial charge in [-0.25, -0.2) is 0 Å². The highest BCUT2D eigenvalue weighted by Crippen LogP contribution is 2.29. The number of nitrogens with two attached hydrogens (primary N) is 1. The molecule has 20 heavy (non-hydrogen) atoms. The van der Waals surface area contributed by atoms with Gasteiger partial charge in [-0.1, -0.05) is 27.2 Å². The Kier molecular flexibility index (Phi) is 7.57. The number of amides is 1. The first kappa shape index (κ1) is 17.5. The molecule has 1 aliphatic carbocycles. The van der Waals surface area contributed by atoms with Crippen molar-refractivity contribution < 1.29 is 4.79 Å². The number of hydrogen-bond acceptors (Lipinski definition) is 2. The smallest absolute Gasteiger partial charge is 0.222 e. The molecule has 0 aliphatic heterocycles. The van der Waals surface area contributed by atoms with Crippen LogP contribution in [0.25, 0.3) is 0 Å². The standard InChI is InChI=1S/C17H34N2O/c1-5-14-6-8-16(9-7-14)19(4)17(20)11-15(12-18)10-13(2)3/h13-16H,5-12,18H2,1-4H3. The Morgan fingerprint density at radius 3 is 2.30 bits per heavy atom. The lowest BCUT2D eigenvalue weighted by Crippen LogP contribution is -2.40. The highest BCUT2D eigenvalue weighted by atomic mass is 16.2. The number of carbonyl (C=O) groups excluding carboxylic acids is 1. The van der Waals surface area contributed by atoms with E-state index in [1.54, 1.807) is 0 Å². The van der Waals surface area contributed by atoms with Crippen LogP contribution < -0.4 is 5.73 Å². The molecular formula is C17H34N2O. The Balaban J connectivity index is 2.42. The van der Waals surface area contributed by atoms with Crippen molar-refractivity contribution in [2.45, 2.75) is 71.8 Å². The van der Waals surface area contributed by atoms with Crippen molar-refractivity contribution in [3.8, 4) is 0 Å². The fraction of sp³-hybridized carbons (Fsp3) is 0.941. The maximum atomic E-state index is 12.4. The van der Waals surface area contributed by atoms with Crippen molar-refractivity contribution in [2.75, 3.05) is 13.6 Å². The fourth-order valence-corrected chi connectivity index (χ4v) is 3.46. The van der Waals surface area contributed by atoms with E-state index < -0.39 is 0 Å². The molecule has 1 aliphatic rings. The minimum absolute atomic E-state index is 0.293. The molecule has 1 rings (SSSR count). The molecular weight excluding hydrogens is 248 g/mol. The first-order valence-corrected chi connectivity index (χ1v) is 8.43. The van der Waals surface area contributed by atoms with E-state index in [9.17, 15) is 4.79 Å². The molecule has 0 aromatic rings. The first-order chi connectivity index (χ1) is 9.47. The predicted molar refractivity (Wildman–Crippen MR) is 85.4 cm³/mol. The molecule has 1 saturated carbocycles. The molecule has 1 unspecified atom stereocenters. The zero-order chi connectivity index (χ0) is 15.1. The average Bonchev–Trinajstić information content (AvgIpc) is 2.45. The van der Waals surface area contributed by atoms with Crippen molar-refractivity contribution in [3.05, 3.63) is 0 Å². The second-order valence-corrected chi connectivity index (χ2v) is 7.02. The zero-order valence-corrected chi connectivity index (χ0v) is 13.9. The van der Waals surface area contributed by atoms with E-state index in [4.69, 9.17) is 5.73 Å². The lowest BCUT2D eigenvalue weighted by Gasteiger charge is -2.35. The van der Waals surface area contributed by atoms with Gasteiger partial charge in [0.25, 0.3) is 0 Å². The summed E-state index contributed by atoms with van der Waals surface area (Å²) >= 11 is 0. The van der Waals surface area contributed by atoms with Gasteiger partial charge in [0.1, 0.15) is 0 Å². The van der Waals surface area contributed by atoms with Crippen LogP contribution in [0.1, 0.15) is 65.7 Å². The topological polar surface area (TPSA) is 46.3 Å². The maximum Gasteiger partial charge on any atom is 0.222 e. The van der Waals surface area contributed by atoms with Crippen molar-refractivity contribution in [2.24, 2.45) is 23.5 Å². The summed E-state index contributed by atoms with van der Waals surface area (Å²) in [6.45, 7) is 7.30. The van der Waals surface area contributed by atoms with E-state index >= 15 is 0 Å². The van der Waals surface area contributed by atoms with E-state index in [2.05, 4.69) is 20.8 Å². The summed E-state index contributed by atoms with van der Waals surface area (Å²) in [5.74, 6) is 2.13. The largest absolute Gasteiger partial charge is 0.343 e. The molecule has 0 spiro atoms. The molecule has 0 heterocycles. The second kappa shape index (κ2) is 8.66. The van der Waals surface area contributed by atoms with E-state index in [1.165, 1.54) is 32.1 Å². The van der Waals surface area contributed by atoms with Gasteiger partial charge in [0.05, 0.1) is 0 Å². The van der Waals surface area contributed by atoms with Gasteiger partial charge in [0, 0.05) is 19.5 Å². The Bertz CT molecular complexity index is 283. The van der Waals surface area contributed by atoms with Crippen LogP contribution in [0.5, 0.6) is 0 Å². The quantitative estimate of drug-likeness (QED) is 0.777. The van der Waals surface area contributed by atoms with Crippen LogP contribution >= 0.6 is 0 Å². The van der Waals surface area contributed by atoms with Crippen LogP contribution in [-0.2, 0) is 4.79 Å². The van der Waals surface area contributed by atoms with Gasteiger partial charge in [-0.05, 0) is 56.4 Å². The van der Waals surface area contributed by atoms with Crippen LogP contribution in [-0.4, -0.2) is 30.4 Å². The van der Waals surface area contributed by atoms with E-state index in [0.717, 1.165) is 12.3 Å². The molecule has 2 N–H and O–H groups in total. The molecule has 0 bridgehead atoms. The monoisotopic (exact) mass is 282 g/mol. The van der Waals surface area contributed by atoms with Crippen LogP contribution in [0.15, 0.2) is 0 Å². The van der Waals surface area contributed by atoms with E-state index in [1.807, 2.05) is 11.9 Å². The Morgan fingerprint density at radius 1 is 1.25 bits per heavy atom. The summed E-state index contributed by atoms with van der Waals surface area (Å²) in [4.78, 5) is 14.4. The molecule has 1 fully saturated rings. The Morgan fingerprint density at radius 2 is 1.85 bits per heavy atom. The van der Waals surface area contributed by atoms with Gasteiger partial charge >= 0.3 is 0 Å². The van der Waals surface area contributed by atoms with Gasteiger partial charge in [0.15, 0.2) is 0 Å². The summed E-state index contributed by atoms with van der Waals surface area (Å²) in [5, 5.41) is 0. The molecule has 3 nitrogen and oxygen atoms in total. The molecule has 0 radical (unpaired) electrons. The number of nitrogens with zero attached hydrogens (tertiary/aromatic N) is 1. The first-order valence-electron chi connectivity index (χ1n) is 8.43. The number of rotatable bonds is 7. The molecule has 1 amide bonds. The summed E-state index contributed by atoms with van der Waals surface area (Å²) in [5.41, 5.74) is 5.81. The van der Waals surface area contributed by atoms with Crippen LogP contribution in [0.2, 0.25) is 0 Å². The van der Waals surface area contributed by atoms with Gasteiger partial charge < -0.3 is 10.6 Å². The third-order valence-corrected chi connectivity index (χ3v) is 4.94. The third kappa shape index (κ3) is 5.43. The molecule has 0 aromatic heterocycles. The maximum absolute atomic E-state index is 12.4. The van der Waals surface area contributed by atoms with Crippen LogP contribution in [0.4, 0.5) is 0 Å². The Labute approximate surface area is 125 Å². The summed E-state index contributed by atoms with van der Waals surface area (Å²) in [7, 11) is 1.99.